The van der Waals surface area contributed by atoms with Crippen LogP contribution >= 0.6 is 0 Å². The first-order valence-electron chi connectivity index (χ1n) is 6.40. The monoisotopic (exact) mass is 267 g/mol. The third-order valence-electron chi connectivity index (χ3n) is 3.96. The number of hydrogen-bond donors (Lipinski definition) is 1. The molecule has 1 saturated heterocycles. The minimum atomic E-state index is -2.83. The Balaban J connectivity index is 2.10. The average molecular weight is 267 g/mol. The molecule has 100 valence electrons. The van der Waals surface area contributed by atoms with Crippen LogP contribution in [0.15, 0.2) is 18.2 Å². The van der Waals surface area contributed by atoms with E-state index in [2.05, 4.69) is 26.0 Å². The lowest BCUT2D eigenvalue weighted by atomic mass is 9.90. The average Bonchev–Trinajstić information content (AvgIpc) is 2.64. The minimum Gasteiger partial charge on any atom is -0.327 e. The van der Waals surface area contributed by atoms with Crippen molar-refractivity contribution in [1.82, 2.24) is 0 Å². The van der Waals surface area contributed by atoms with Gasteiger partial charge in [-0.2, -0.15) is 0 Å². The second-order valence-corrected chi connectivity index (χ2v) is 7.63. The van der Waals surface area contributed by atoms with E-state index in [4.69, 9.17) is 5.73 Å². The molecule has 0 saturated carbocycles. The van der Waals surface area contributed by atoms with Gasteiger partial charge in [-0.15, -0.1) is 0 Å². The predicted molar refractivity (Wildman–Crippen MR) is 74.4 cm³/mol. The van der Waals surface area contributed by atoms with Crippen molar-refractivity contribution in [3.05, 3.63) is 34.9 Å². The van der Waals surface area contributed by atoms with E-state index in [9.17, 15) is 8.42 Å². The van der Waals surface area contributed by atoms with Crippen LogP contribution in [0.3, 0.4) is 0 Å². The number of aryl methyl sites for hydroxylation is 2. The quantitative estimate of drug-likeness (QED) is 0.905. The molecule has 0 aromatic heterocycles. The molecular formula is C14H21NO2S. The zero-order valence-corrected chi connectivity index (χ0v) is 11.8. The lowest BCUT2D eigenvalue weighted by Gasteiger charge is -2.20. The molecule has 18 heavy (non-hydrogen) atoms. The second kappa shape index (κ2) is 5.02. The molecule has 2 rings (SSSR count). The van der Waals surface area contributed by atoms with Crippen molar-refractivity contribution >= 4 is 9.84 Å². The molecule has 1 aliphatic heterocycles. The summed E-state index contributed by atoms with van der Waals surface area (Å²) < 4.78 is 23.0. The molecule has 0 amide bonds. The fraction of sp³-hybridized carbons (Fsp3) is 0.571. The van der Waals surface area contributed by atoms with Gasteiger partial charge in [0.1, 0.15) is 0 Å². The van der Waals surface area contributed by atoms with E-state index in [-0.39, 0.29) is 17.7 Å². The summed E-state index contributed by atoms with van der Waals surface area (Å²) >= 11 is 0. The number of benzene rings is 1. The van der Waals surface area contributed by atoms with Crippen molar-refractivity contribution in [3.8, 4) is 0 Å². The van der Waals surface area contributed by atoms with Crippen LogP contribution in [0.1, 0.15) is 23.1 Å². The second-order valence-electron chi connectivity index (χ2n) is 5.40. The van der Waals surface area contributed by atoms with Crippen molar-refractivity contribution in [3.63, 3.8) is 0 Å². The summed E-state index contributed by atoms with van der Waals surface area (Å²) in [7, 11) is -2.83. The fourth-order valence-electron chi connectivity index (χ4n) is 2.73. The maximum absolute atomic E-state index is 11.5. The zero-order chi connectivity index (χ0) is 13.3. The van der Waals surface area contributed by atoms with Crippen LogP contribution in [0.5, 0.6) is 0 Å². The highest BCUT2D eigenvalue weighted by Gasteiger charge is 2.32. The lowest BCUT2D eigenvalue weighted by molar-refractivity contribution is 0.460. The van der Waals surface area contributed by atoms with E-state index in [1.165, 1.54) is 16.7 Å². The standard InChI is InChI=1S/C14H21NO2S/c1-10-4-3-5-11(2)13(10)8-14(15)12-6-7-18(16,17)9-12/h3-5,12,14H,6-9,15H2,1-2H3. The Labute approximate surface area is 109 Å². The number of hydrogen-bond acceptors (Lipinski definition) is 3. The van der Waals surface area contributed by atoms with Crippen LogP contribution < -0.4 is 5.73 Å². The Bertz CT molecular complexity index is 516. The van der Waals surface area contributed by atoms with Crippen LogP contribution in [0.4, 0.5) is 0 Å². The predicted octanol–water partition coefficient (Wildman–Crippen LogP) is 1.61. The Morgan fingerprint density at radius 1 is 1.33 bits per heavy atom. The van der Waals surface area contributed by atoms with Crippen LogP contribution in [0.25, 0.3) is 0 Å². The highest BCUT2D eigenvalue weighted by Crippen LogP contribution is 2.24. The SMILES string of the molecule is Cc1cccc(C)c1CC(N)C1CCS(=O)(=O)C1. The van der Waals surface area contributed by atoms with E-state index in [1.54, 1.807) is 0 Å². The van der Waals surface area contributed by atoms with Crippen LogP contribution in [0, 0.1) is 19.8 Å². The summed E-state index contributed by atoms with van der Waals surface area (Å²) in [5.74, 6) is 0.686. The molecule has 4 heteroatoms. The summed E-state index contributed by atoms with van der Waals surface area (Å²) in [5.41, 5.74) is 9.96. The zero-order valence-electron chi connectivity index (χ0n) is 11.0. The van der Waals surface area contributed by atoms with Crippen LogP contribution in [0.2, 0.25) is 0 Å². The Morgan fingerprint density at radius 3 is 2.44 bits per heavy atom. The smallest absolute Gasteiger partial charge is 0.150 e. The first-order valence-corrected chi connectivity index (χ1v) is 8.22. The molecule has 1 aromatic carbocycles. The third-order valence-corrected chi connectivity index (χ3v) is 5.75. The molecule has 0 bridgehead atoms. The van der Waals surface area contributed by atoms with Gasteiger partial charge in [-0.3, -0.25) is 0 Å². The van der Waals surface area contributed by atoms with Crippen LogP contribution in [-0.2, 0) is 16.3 Å². The van der Waals surface area contributed by atoms with Gasteiger partial charge >= 0.3 is 0 Å². The molecule has 1 aliphatic rings. The molecule has 1 aromatic rings. The summed E-state index contributed by atoms with van der Waals surface area (Å²) in [6.45, 7) is 4.17. The number of rotatable bonds is 3. The summed E-state index contributed by atoms with van der Waals surface area (Å²) in [4.78, 5) is 0. The molecule has 0 spiro atoms. The first-order chi connectivity index (χ1) is 8.39. The normalized spacial score (nSPS) is 24.1. The molecule has 0 aliphatic carbocycles. The van der Waals surface area contributed by atoms with E-state index >= 15 is 0 Å². The van der Waals surface area contributed by atoms with Gasteiger partial charge in [-0.1, -0.05) is 18.2 Å². The molecule has 0 radical (unpaired) electrons. The lowest BCUT2D eigenvalue weighted by Crippen LogP contribution is -2.33. The molecule has 1 heterocycles. The Morgan fingerprint density at radius 2 is 1.94 bits per heavy atom. The van der Waals surface area contributed by atoms with E-state index < -0.39 is 9.84 Å². The van der Waals surface area contributed by atoms with Gasteiger partial charge in [0.25, 0.3) is 0 Å². The van der Waals surface area contributed by atoms with Gasteiger partial charge in [0.15, 0.2) is 9.84 Å². The molecule has 2 N–H and O–H groups in total. The van der Waals surface area contributed by atoms with Crippen molar-refractivity contribution in [1.29, 1.82) is 0 Å². The largest absolute Gasteiger partial charge is 0.327 e. The summed E-state index contributed by atoms with van der Waals surface area (Å²) in [6, 6.07) is 6.16. The minimum absolute atomic E-state index is 0.0536. The highest BCUT2D eigenvalue weighted by atomic mass is 32.2. The van der Waals surface area contributed by atoms with Crippen molar-refractivity contribution in [2.75, 3.05) is 11.5 Å². The van der Waals surface area contributed by atoms with Gasteiger partial charge in [-0.25, -0.2) is 8.42 Å². The topological polar surface area (TPSA) is 60.2 Å². The Kier molecular flexibility index (Phi) is 3.78. The van der Waals surface area contributed by atoms with Gasteiger partial charge < -0.3 is 5.73 Å². The maximum atomic E-state index is 11.5. The van der Waals surface area contributed by atoms with E-state index in [0.29, 0.717) is 12.2 Å². The molecule has 3 nitrogen and oxygen atoms in total. The third kappa shape index (κ3) is 2.93. The van der Waals surface area contributed by atoms with Gasteiger partial charge in [0.2, 0.25) is 0 Å². The summed E-state index contributed by atoms with van der Waals surface area (Å²) in [5, 5.41) is 0. The maximum Gasteiger partial charge on any atom is 0.150 e. The van der Waals surface area contributed by atoms with Crippen molar-refractivity contribution < 1.29 is 8.42 Å². The van der Waals surface area contributed by atoms with Gasteiger partial charge in [-0.05, 0) is 49.3 Å². The molecular weight excluding hydrogens is 246 g/mol. The highest BCUT2D eigenvalue weighted by molar-refractivity contribution is 7.91. The van der Waals surface area contributed by atoms with E-state index in [0.717, 1.165) is 6.42 Å². The van der Waals surface area contributed by atoms with E-state index in [1.807, 2.05) is 6.07 Å². The molecule has 2 atom stereocenters. The van der Waals surface area contributed by atoms with Crippen molar-refractivity contribution in [2.24, 2.45) is 11.7 Å². The van der Waals surface area contributed by atoms with Crippen LogP contribution in [-0.4, -0.2) is 26.0 Å². The fourth-order valence-corrected chi connectivity index (χ4v) is 4.63. The molecule has 1 fully saturated rings. The first kappa shape index (κ1) is 13.6. The summed E-state index contributed by atoms with van der Waals surface area (Å²) in [6.07, 6.45) is 1.49. The Hall–Kier alpha value is -0.870. The number of sulfone groups is 1. The van der Waals surface area contributed by atoms with Gasteiger partial charge in [0.05, 0.1) is 11.5 Å². The number of nitrogens with two attached hydrogens (primary N) is 1. The van der Waals surface area contributed by atoms with Crippen molar-refractivity contribution in [2.45, 2.75) is 32.7 Å². The molecule has 2 unspecified atom stereocenters. The van der Waals surface area contributed by atoms with Gasteiger partial charge in [0, 0.05) is 6.04 Å².